The van der Waals surface area contributed by atoms with Crippen LogP contribution < -0.4 is 16.2 Å². The van der Waals surface area contributed by atoms with E-state index in [-0.39, 0.29) is 0 Å². The van der Waals surface area contributed by atoms with Crippen molar-refractivity contribution in [1.82, 2.24) is 16.2 Å². The Bertz CT molecular complexity index is 485. The van der Waals surface area contributed by atoms with Crippen LogP contribution in [0.15, 0.2) is 24.3 Å². The zero-order chi connectivity index (χ0) is 15.7. The Kier molecular flexibility index (Phi) is 4.60. The number of hydrogen-bond donors (Lipinski definition) is 3. The van der Waals surface area contributed by atoms with Crippen LogP contribution in [0.4, 0.5) is 13.2 Å². The van der Waals surface area contributed by atoms with Crippen LogP contribution in [-0.2, 0) is 11.7 Å². The standard InChI is InChI=1S/C15H22F3N3/c1-10-11(9-20-21-10)8-19-14(2,3)12-5-4-6-13(7-12)15(16,17)18/h4-7,10-11,19-21H,8-9H2,1-3H3. The molecule has 2 unspecified atom stereocenters. The van der Waals surface area contributed by atoms with Crippen molar-refractivity contribution >= 4 is 0 Å². The van der Waals surface area contributed by atoms with Gasteiger partial charge < -0.3 is 5.32 Å². The fraction of sp³-hybridized carbons (Fsp3) is 0.600. The molecule has 118 valence electrons. The van der Waals surface area contributed by atoms with Crippen LogP contribution >= 0.6 is 0 Å². The maximum absolute atomic E-state index is 12.8. The van der Waals surface area contributed by atoms with Crippen LogP contribution in [0.25, 0.3) is 0 Å². The highest BCUT2D eigenvalue weighted by atomic mass is 19.4. The van der Waals surface area contributed by atoms with Crippen molar-refractivity contribution in [2.45, 2.75) is 38.5 Å². The fourth-order valence-corrected chi connectivity index (χ4v) is 2.47. The molecule has 6 heteroatoms. The zero-order valence-electron chi connectivity index (χ0n) is 12.5. The molecule has 3 N–H and O–H groups in total. The molecule has 2 rings (SSSR count). The smallest absolute Gasteiger partial charge is 0.307 e. The van der Waals surface area contributed by atoms with Gasteiger partial charge in [-0.15, -0.1) is 0 Å². The van der Waals surface area contributed by atoms with Crippen molar-refractivity contribution in [2.75, 3.05) is 13.1 Å². The van der Waals surface area contributed by atoms with Gasteiger partial charge in [-0.2, -0.15) is 13.2 Å². The summed E-state index contributed by atoms with van der Waals surface area (Å²) in [6.07, 6.45) is -4.31. The van der Waals surface area contributed by atoms with Crippen molar-refractivity contribution in [3.8, 4) is 0 Å². The van der Waals surface area contributed by atoms with E-state index in [9.17, 15) is 13.2 Å². The van der Waals surface area contributed by atoms with Crippen molar-refractivity contribution < 1.29 is 13.2 Å². The SMILES string of the molecule is CC1NNCC1CNC(C)(C)c1cccc(C(F)(F)F)c1. The lowest BCUT2D eigenvalue weighted by atomic mass is 9.91. The fourth-order valence-electron chi connectivity index (χ4n) is 2.47. The Morgan fingerprint density at radius 1 is 1.24 bits per heavy atom. The van der Waals surface area contributed by atoms with Gasteiger partial charge in [0.1, 0.15) is 0 Å². The molecule has 0 bridgehead atoms. The molecule has 1 heterocycles. The Balaban J connectivity index is 2.08. The minimum Gasteiger partial charge on any atom is -0.307 e. The molecule has 1 saturated heterocycles. The average molecular weight is 301 g/mol. The second kappa shape index (κ2) is 5.94. The van der Waals surface area contributed by atoms with Gasteiger partial charge >= 0.3 is 6.18 Å². The maximum atomic E-state index is 12.8. The van der Waals surface area contributed by atoms with E-state index in [0.717, 1.165) is 19.2 Å². The second-order valence-electron chi connectivity index (χ2n) is 6.16. The van der Waals surface area contributed by atoms with Gasteiger partial charge in [0.25, 0.3) is 0 Å². The lowest BCUT2D eigenvalue weighted by Crippen LogP contribution is -2.42. The molecule has 1 aromatic carbocycles. The summed E-state index contributed by atoms with van der Waals surface area (Å²) in [5.41, 5.74) is 5.75. The molecule has 0 radical (unpaired) electrons. The lowest BCUT2D eigenvalue weighted by Gasteiger charge is -2.30. The van der Waals surface area contributed by atoms with Crippen molar-refractivity contribution in [3.63, 3.8) is 0 Å². The summed E-state index contributed by atoms with van der Waals surface area (Å²) in [6, 6.07) is 5.86. The van der Waals surface area contributed by atoms with Gasteiger partial charge in [-0.25, -0.2) is 0 Å². The van der Waals surface area contributed by atoms with Gasteiger partial charge in [-0.1, -0.05) is 12.1 Å². The first-order chi connectivity index (χ1) is 9.70. The van der Waals surface area contributed by atoms with Crippen molar-refractivity contribution in [3.05, 3.63) is 35.4 Å². The molecule has 2 atom stereocenters. The van der Waals surface area contributed by atoms with Crippen molar-refractivity contribution in [1.29, 1.82) is 0 Å². The summed E-state index contributed by atoms with van der Waals surface area (Å²) in [4.78, 5) is 0. The molecule has 21 heavy (non-hydrogen) atoms. The Morgan fingerprint density at radius 2 is 1.90 bits per heavy atom. The number of rotatable bonds is 4. The maximum Gasteiger partial charge on any atom is 0.416 e. The molecular formula is C15H22F3N3. The summed E-state index contributed by atoms with van der Waals surface area (Å²) in [7, 11) is 0. The molecule has 0 amide bonds. The topological polar surface area (TPSA) is 36.1 Å². The number of halogens is 3. The van der Waals surface area contributed by atoms with E-state index in [1.807, 2.05) is 13.8 Å². The molecule has 1 aliphatic rings. The molecule has 1 fully saturated rings. The second-order valence-corrected chi connectivity index (χ2v) is 6.16. The van der Waals surface area contributed by atoms with Gasteiger partial charge in [0.05, 0.1) is 5.56 Å². The van der Waals surface area contributed by atoms with E-state index in [0.29, 0.717) is 17.5 Å². The average Bonchev–Trinajstić information content (AvgIpc) is 2.81. The third kappa shape index (κ3) is 3.96. The third-order valence-corrected chi connectivity index (χ3v) is 4.12. The number of alkyl halides is 3. The molecule has 0 saturated carbocycles. The van der Waals surface area contributed by atoms with E-state index in [2.05, 4.69) is 23.1 Å². The predicted octanol–water partition coefficient (Wildman–Crippen LogP) is 2.64. The minimum atomic E-state index is -4.31. The first-order valence-electron chi connectivity index (χ1n) is 7.11. The normalized spacial score (nSPS) is 23.5. The molecule has 0 spiro atoms. The van der Waals surface area contributed by atoms with Crippen LogP contribution in [0.5, 0.6) is 0 Å². The van der Waals surface area contributed by atoms with Gasteiger partial charge in [0.15, 0.2) is 0 Å². The first-order valence-corrected chi connectivity index (χ1v) is 7.11. The minimum absolute atomic E-state index is 0.342. The van der Waals surface area contributed by atoms with E-state index in [1.165, 1.54) is 12.1 Å². The lowest BCUT2D eigenvalue weighted by molar-refractivity contribution is -0.137. The molecular weight excluding hydrogens is 279 g/mol. The van der Waals surface area contributed by atoms with E-state index >= 15 is 0 Å². The summed E-state index contributed by atoms with van der Waals surface area (Å²) in [6.45, 7) is 7.49. The van der Waals surface area contributed by atoms with Crippen LogP contribution in [-0.4, -0.2) is 19.1 Å². The summed E-state index contributed by atoms with van der Waals surface area (Å²) < 4.78 is 38.4. The molecule has 1 aromatic rings. The number of hydrogen-bond acceptors (Lipinski definition) is 3. The quantitative estimate of drug-likeness (QED) is 0.800. The van der Waals surface area contributed by atoms with Gasteiger partial charge in [-0.3, -0.25) is 10.9 Å². The summed E-state index contributed by atoms with van der Waals surface area (Å²) in [5, 5.41) is 3.38. The monoisotopic (exact) mass is 301 g/mol. The Hall–Kier alpha value is -1.11. The number of hydrazine groups is 1. The van der Waals surface area contributed by atoms with Crippen molar-refractivity contribution in [2.24, 2.45) is 5.92 Å². The van der Waals surface area contributed by atoms with Gasteiger partial charge in [0, 0.05) is 30.6 Å². The van der Waals surface area contributed by atoms with Crippen LogP contribution in [0.3, 0.4) is 0 Å². The van der Waals surface area contributed by atoms with Gasteiger partial charge in [0.2, 0.25) is 0 Å². The predicted molar refractivity (Wildman–Crippen MR) is 76.6 cm³/mol. The summed E-state index contributed by atoms with van der Waals surface area (Å²) in [5.74, 6) is 0.412. The highest BCUT2D eigenvalue weighted by Gasteiger charge is 2.32. The van der Waals surface area contributed by atoms with E-state index < -0.39 is 17.3 Å². The van der Waals surface area contributed by atoms with Crippen LogP contribution in [0.2, 0.25) is 0 Å². The Morgan fingerprint density at radius 3 is 2.48 bits per heavy atom. The number of nitrogens with one attached hydrogen (secondary N) is 3. The van der Waals surface area contributed by atoms with Crippen LogP contribution in [0, 0.1) is 5.92 Å². The van der Waals surface area contributed by atoms with Crippen LogP contribution in [0.1, 0.15) is 31.9 Å². The largest absolute Gasteiger partial charge is 0.416 e. The molecule has 0 aromatic heterocycles. The van der Waals surface area contributed by atoms with E-state index in [4.69, 9.17) is 0 Å². The molecule has 3 nitrogen and oxygen atoms in total. The van der Waals surface area contributed by atoms with Gasteiger partial charge in [-0.05, 0) is 38.5 Å². The molecule has 0 aliphatic carbocycles. The first kappa shape index (κ1) is 16.3. The van der Waals surface area contributed by atoms with E-state index in [1.54, 1.807) is 6.07 Å². The highest BCUT2D eigenvalue weighted by molar-refractivity contribution is 5.30. The Labute approximate surface area is 123 Å². The zero-order valence-corrected chi connectivity index (χ0v) is 12.5. The number of benzene rings is 1. The highest BCUT2D eigenvalue weighted by Crippen LogP contribution is 2.32. The molecule has 1 aliphatic heterocycles. The third-order valence-electron chi connectivity index (χ3n) is 4.12. The summed E-state index contributed by atoms with van der Waals surface area (Å²) >= 11 is 0.